The van der Waals surface area contributed by atoms with E-state index in [2.05, 4.69) is 12.2 Å². The van der Waals surface area contributed by atoms with Gasteiger partial charge in [-0.2, -0.15) is 0 Å². The van der Waals surface area contributed by atoms with E-state index in [4.69, 9.17) is 4.74 Å². The van der Waals surface area contributed by atoms with Crippen molar-refractivity contribution in [1.82, 2.24) is 5.32 Å². The minimum Gasteiger partial charge on any atom is -0.383 e. The van der Waals surface area contributed by atoms with Gasteiger partial charge in [0.25, 0.3) is 0 Å². The summed E-state index contributed by atoms with van der Waals surface area (Å²) in [4.78, 5) is 0.777. The average molecular weight is 257 g/mol. The Labute approximate surface area is 107 Å². The number of hydrogen-bond acceptors (Lipinski definition) is 3. The lowest BCUT2D eigenvalue weighted by atomic mass is 10.2. The first kappa shape index (κ1) is 14.5. The molecule has 0 bridgehead atoms. The molecule has 0 aliphatic heterocycles. The maximum atomic E-state index is 13.7. The van der Waals surface area contributed by atoms with E-state index in [1.807, 2.05) is 6.07 Å². The van der Waals surface area contributed by atoms with Crippen molar-refractivity contribution in [3.8, 4) is 0 Å². The summed E-state index contributed by atoms with van der Waals surface area (Å²) in [5, 5.41) is 3.24. The van der Waals surface area contributed by atoms with Crippen LogP contribution in [0.4, 0.5) is 4.39 Å². The molecule has 1 rings (SSSR count). The Balaban J connectivity index is 2.59. The van der Waals surface area contributed by atoms with E-state index in [1.54, 1.807) is 24.9 Å². The number of rotatable bonds is 8. The third kappa shape index (κ3) is 5.06. The summed E-state index contributed by atoms with van der Waals surface area (Å²) in [6, 6.07) is 5.26. The lowest BCUT2D eigenvalue weighted by Crippen LogP contribution is -2.19. The molecule has 0 spiro atoms. The zero-order chi connectivity index (χ0) is 12.5. The summed E-state index contributed by atoms with van der Waals surface area (Å²) in [6.45, 7) is 4.25. The van der Waals surface area contributed by atoms with Crippen molar-refractivity contribution in [3.63, 3.8) is 0 Å². The van der Waals surface area contributed by atoms with E-state index >= 15 is 0 Å². The van der Waals surface area contributed by atoms with Crippen molar-refractivity contribution in [3.05, 3.63) is 29.6 Å². The fourth-order valence-electron chi connectivity index (χ4n) is 1.46. The molecule has 0 saturated heterocycles. The average Bonchev–Trinajstić information content (AvgIpc) is 2.34. The summed E-state index contributed by atoms with van der Waals surface area (Å²) in [6.07, 6.45) is 1.05. The number of halogens is 1. The van der Waals surface area contributed by atoms with Gasteiger partial charge in [0, 0.05) is 25.1 Å². The molecule has 1 aromatic carbocycles. The first-order valence-electron chi connectivity index (χ1n) is 5.89. The number of benzene rings is 1. The second kappa shape index (κ2) is 8.50. The highest BCUT2D eigenvalue weighted by atomic mass is 32.2. The van der Waals surface area contributed by atoms with Gasteiger partial charge in [0.15, 0.2) is 0 Å². The minimum absolute atomic E-state index is 0.116. The van der Waals surface area contributed by atoms with Gasteiger partial charge >= 0.3 is 0 Å². The number of nitrogens with one attached hydrogen (secondary N) is 1. The van der Waals surface area contributed by atoms with Crippen LogP contribution in [0.25, 0.3) is 0 Å². The molecular formula is C13H20FNOS. The third-order valence-electron chi connectivity index (χ3n) is 2.30. The first-order valence-corrected chi connectivity index (χ1v) is 6.88. The molecular weight excluding hydrogens is 237 g/mol. The quantitative estimate of drug-likeness (QED) is 0.571. The molecule has 0 unspecified atom stereocenters. The molecule has 0 aliphatic carbocycles. The minimum atomic E-state index is -0.116. The van der Waals surface area contributed by atoms with Gasteiger partial charge in [0.2, 0.25) is 0 Å². The number of thioether (sulfide) groups is 1. The number of ether oxygens (including phenoxy) is 1. The van der Waals surface area contributed by atoms with Crippen LogP contribution in [0.15, 0.2) is 23.1 Å². The highest BCUT2D eigenvalue weighted by Gasteiger charge is 2.07. The molecule has 0 amide bonds. The summed E-state index contributed by atoms with van der Waals surface area (Å²) in [7, 11) is 1.67. The second-order valence-electron chi connectivity index (χ2n) is 3.75. The summed E-state index contributed by atoms with van der Waals surface area (Å²) in [5.74, 6) is 0.834. The van der Waals surface area contributed by atoms with E-state index in [9.17, 15) is 4.39 Å². The molecule has 0 radical (unpaired) electrons. The fourth-order valence-corrected chi connectivity index (χ4v) is 2.40. The zero-order valence-corrected chi connectivity index (χ0v) is 11.3. The van der Waals surface area contributed by atoms with Gasteiger partial charge in [-0.05, 0) is 23.8 Å². The zero-order valence-electron chi connectivity index (χ0n) is 10.5. The summed E-state index contributed by atoms with van der Waals surface area (Å²) in [5.41, 5.74) is 1.03. The van der Waals surface area contributed by atoms with Crippen LogP contribution in [0, 0.1) is 5.82 Å². The van der Waals surface area contributed by atoms with E-state index in [0.29, 0.717) is 13.2 Å². The second-order valence-corrected chi connectivity index (χ2v) is 4.85. The number of methoxy groups -OCH3 is 1. The molecule has 1 aromatic rings. The largest absolute Gasteiger partial charge is 0.383 e. The Hall–Kier alpha value is -0.580. The third-order valence-corrected chi connectivity index (χ3v) is 3.66. The molecule has 0 saturated carbocycles. The van der Waals surface area contributed by atoms with Crippen molar-refractivity contribution in [2.45, 2.75) is 24.8 Å². The van der Waals surface area contributed by atoms with Crippen LogP contribution in [0.3, 0.4) is 0 Å². The molecule has 0 aromatic heterocycles. The van der Waals surface area contributed by atoms with Crippen LogP contribution in [-0.2, 0) is 11.3 Å². The SMILES string of the molecule is CCCSc1c(F)cccc1CNCCOC. The van der Waals surface area contributed by atoms with Gasteiger partial charge in [-0.15, -0.1) is 11.8 Å². The normalized spacial score (nSPS) is 10.8. The molecule has 0 aliphatic rings. The Morgan fingerprint density at radius 1 is 1.41 bits per heavy atom. The molecule has 2 nitrogen and oxygen atoms in total. The van der Waals surface area contributed by atoms with Crippen molar-refractivity contribution in [2.24, 2.45) is 0 Å². The van der Waals surface area contributed by atoms with Gasteiger partial charge in [0.1, 0.15) is 5.82 Å². The van der Waals surface area contributed by atoms with Crippen LogP contribution in [0.5, 0.6) is 0 Å². The molecule has 0 heterocycles. The van der Waals surface area contributed by atoms with Gasteiger partial charge in [-0.1, -0.05) is 19.1 Å². The number of hydrogen-bond donors (Lipinski definition) is 1. The first-order chi connectivity index (χ1) is 8.29. The predicted octanol–water partition coefficient (Wildman–Crippen LogP) is 3.06. The van der Waals surface area contributed by atoms with Crippen LogP contribution in [-0.4, -0.2) is 26.0 Å². The van der Waals surface area contributed by atoms with Gasteiger partial charge in [-0.3, -0.25) is 0 Å². The topological polar surface area (TPSA) is 21.3 Å². The molecule has 0 fully saturated rings. The molecule has 17 heavy (non-hydrogen) atoms. The van der Waals surface area contributed by atoms with Gasteiger partial charge < -0.3 is 10.1 Å². The van der Waals surface area contributed by atoms with Crippen LogP contribution >= 0.6 is 11.8 Å². The van der Waals surface area contributed by atoms with E-state index in [0.717, 1.165) is 29.2 Å². The molecule has 4 heteroatoms. The van der Waals surface area contributed by atoms with Crippen molar-refractivity contribution < 1.29 is 9.13 Å². The van der Waals surface area contributed by atoms with E-state index in [1.165, 1.54) is 6.07 Å². The Kier molecular flexibility index (Phi) is 7.24. The maximum absolute atomic E-state index is 13.7. The van der Waals surface area contributed by atoms with Gasteiger partial charge in [0.05, 0.1) is 6.61 Å². The predicted molar refractivity (Wildman–Crippen MR) is 71.0 cm³/mol. The van der Waals surface area contributed by atoms with Crippen molar-refractivity contribution >= 4 is 11.8 Å². The Morgan fingerprint density at radius 3 is 2.94 bits per heavy atom. The molecule has 96 valence electrons. The standard InChI is InChI=1S/C13H20FNOS/c1-3-9-17-13-11(5-4-6-12(13)14)10-15-7-8-16-2/h4-6,15H,3,7-10H2,1-2H3. The van der Waals surface area contributed by atoms with Crippen molar-refractivity contribution in [1.29, 1.82) is 0 Å². The van der Waals surface area contributed by atoms with Crippen LogP contribution in [0.2, 0.25) is 0 Å². The van der Waals surface area contributed by atoms with E-state index < -0.39 is 0 Å². The lowest BCUT2D eigenvalue weighted by Gasteiger charge is -2.10. The Morgan fingerprint density at radius 2 is 2.24 bits per heavy atom. The van der Waals surface area contributed by atoms with Crippen LogP contribution < -0.4 is 5.32 Å². The smallest absolute Gasteiger partial charge is 0.137 e. The fraction of sp³-hybridized carbons (Fsp3) is 0.538. The molecule has 0 atom stereocenters. The van der Waals surface area contributed by atoms with E-state index in [-0.39, 0.29) is 5.82 Å². The monoisotopic (exact) mass is 257 g/mol. The highest BCUT2D eigenvalue weighted by molar-refractivity contribution is 7.99. The van der Waals surface area contributed by atoms with Gasteiger partial charge in [-0.25, -0.2) is 4.39 Å². The highest BCUT2D eigenvalue weighted by Crippen LogP contribution is 2.26. The lowest BCUT2D eigenvalue weighted by molar-refractivity contribution is 0.199. The summed E-state index contributed by atoms with van der Waals surface area (Å²) >= 11 is 1.59. The van der Waals surface area contributed by atoms with Crippen LogP contribution in [0.1, 0.15) is 18.9 Å². The Bertz CT molecular complexity index is 333. The summed E-state index contributed by atoms with van der Waals surface area (Å²) < 4.78 is 18.6. The van der Waals surface area contributed by atoms with Crippen molar-refractivity contribution in [2.75, 3.05) is 26.0 Å². The molecule has 1 N–H and O–H groups in total. The maximum Gasteiger partial charge on any atom is 0.137 e.